The number of benzene rings is 1. The summed E-state index contributed by atoms with van der Waals surface area (Å²) in [6, 6.07) is 3.26. The lowest BCUT2D eigenvalue weighted by molar-refractivity contribution is 0.136. The molecule has 1 atom stereocenters. The second-order valence-corrected chi connectivity index (χ2v) is 5.58. The van der Waals surface area contributed by atoms with Crippen molar-refractivity contribution in [2.75, 3.05) is 18.6 Å². The molecule has 0 aromatic heterocycles. The second kappa shape index (κ2) is 4.80. The van der Waals surface area contributed by atoms with E-state index in [1.807, 2.05) is 0 Å². The molecule has 0 aliphatic carbocycles. The lowest BCUT2D eigenvalue weighted by Crippen LogP contribution is -2.20. The van der Waals surface area contributed by atoms with Crippen molar-refractivity contribution in [2.45, 2.75) is 17.9 Å². The fraction of sp³-hybridized carbons (Fsp3) is 0.400. The summed E-state index contributed by atoms with van der Waals surface area (Å²) in [6.45, 7) is 1.63. The van der Waals surface area contributed by atoms with Gasteiger partial charge in [0, 0.05) is 12.8 Å². The van der Waals surface area contributed by atoms with Crippen LogP contribution in [0.5, 0.6) is 0 Å². The van der Waals surface area contributed by atoms with E-state index in [9.17, 15) is 12.8 Å². The van der Waals surface area contributed by atoms with Crippen LogP contribution in [0.2, 0.25) is 0 Å². The van der Waals surface area contributed by atoms with Crippen LogP contribution in [0.3, 0.4) is 0 Å². The first-order valence-corrected chi connectivity index (χ1v) is 6.32. The summed E-state index contributed by atoms with van der Waals surface area (Å²) in [6.07, 6.45) is -0.450. The Bertz CT molecular complexity index is 453. The minimum absolute atomic E-state index is 0.0867. The minimum Gasteiger partial charge on any atom is -0.399 e. The third-order valence-corrected chi connectivity index (χ3v) is 3.97. The summed E-state index contributed by atoms with van der Waals surface area (Å²) in [5.74, 6) is -0.865. The van der Waals surface area contributed by atoms with Crippen molar-refractivity contribution >= 4 is 15.5 Å². The van der Waals surface area contributed by atoms with E-state index >= 15 is 0 Å². The monoisotopic (exact) mass is 247 g/mol. The number of sulfone groups is 1. The van der Waals surface area contributed by atoms with E-state index in [2.05, 4.69) is 0 Å². The molecule has 2 N–H and O–H groups in total. The quantitative estimate of drug-likeness (QED) is 0.812. The lowest BCUT2D eigenvalue weighted by Gasteiger charge is -2.10. The van der Waals surface area contributed by atoms with Crippen LogP contribution in [0.15, 0.2) is 23.1 Å². The summed E-state index contributed by atoms with van der Waals surface area (Å²) in [5, 5.41) is 0. The number of hydrogen-bond donors (Lipinski definition) is 1. The molecule has 1 rings (SSSR count). The SMILES string of the molecule is COC(C)CS(=O)(=O)c1cc(N)cc(F)c1. The van der Waals surface area contributed by atoms with Gasteiger partial charge in [-0.3, -0.25) is 0 Å². The zero-order valence-corrected chi connectivity index (χ0v) is 9.92. The molecule has 4 nitrogen and oxygen atoms in total. The van der Waals surface area contributed by atoms with Gasteiger partial charge >= 0.3 is 0 Å². The van der Waals surface area contributed by atoms with E-state index in [1.54, 1.807) is 6.92 Å². The van der Waals surface area contributed by atoms with Gasteiger partial charge in [-0.2, -0.15) is 0 Å². The van der Waals surface area contributed by atoms with Crippen molar-refractivity contribution in [1.29, 1.82) is 0 Å². The van der Waals surface area contributed by atoms with Crippen molar-refractivity contribution in [2.24, 2.45) is 0 Å². The van der Waals surface area contributed by atoms with Gasteiger partial charge in [0.1, 0.15) is 5.82 Å². The summed E-state index contributed by atoms with van der Waals surface area (Å²) in [7, 11) is -2.14. The molecule has 90 valence electrons. The van der Waals surface area contributed by atoms with Crippen LogP contribution in [-0.4, -0.2) is 27.4 Å². The molecule has 1 aromatic rings. The van der Waals surface area contributed by atoms with Gasteiger partial charge in [0.2, 0.25) is 0 Å². The predicted octanol–water partition coefficient (Wildman–Crippen LogP) is 1.22. The maximum atomic E-state index is 13.0. The molecule has 1 aromatic carbocycles. The van der Waals surface area contributed by atoms with Gasteiger partial charge in [-0.25, -0.2) is 12.8 Å². The Morgan fingerprint density at radius 1 is 1.44 bits per heavy atom. The van der Waals surface area contributed by atoms with Crippen LogP contribution in [0, 0.1) is 5.82 Å². The maximum Gasteiger partial charge on any atom is 0.181 e. The maximum absolute atomic E-state index is 13.0. The summed E-state index contributed by atoms with van der Waals surface area (Å²) >= 11 is 0. The number of rotatable bonds is 4. The first kappa shape index (κ1) is 12.9. The first-order valence-electron chi connectivity index (χ1n) is 4.67. The third-order valence-electron chi connectivity index (χ3n) is 2.11. The van der Waals surface area contributed by atoms with Crippen LogP contribution >= 0.6 is 0 Å². The van der Waals surface area contributed by atoms with Crippen LogP contribution < -0.4 is 5.73 Å². The Labute approximate surface area is 94.1 Å². The molecule has 0 heterocycles. The van der Waals surface area contributed by atoms with E-state index in [0.29, 0.717) is 0 Å². The highest BCUT2D eigenvalue weighted by Crippen LogP contribution is 2.18. The van der Waals surface area contributed by atoms with Crippen molar-refractivity contribution in [3.63, 3.8) is 0 Å². The van der Waals surface area contributed by atoms with Gasteiger partial charge in [-0.1, -0.05) is 0 Å². The topological polar surface area (TPSA) is 69.4 Å². The van der Waals surface area contributed by atoms with E-state index in [0.717, 1.165) is 12.1 Å². The van der Waals surface area contributed by atoms with E-state index in [-0.39, 0.29) is 16.3 Å². The standard InChI is InChI=1S/C10H14FNO3S/c1-7(15-2)6-16(13,14)10-4-8(11)3-9(12)5-10/h3-5,7H,6,12H2,1-2H3. The second-order valence-electron chi connectivity index (χ2n) is 3.55. The Morgan fingerprint density at radius 3 is 2.56 bits per heavy atom. The van der Waals surface area contributed by atoms with Crippen LogP contribution in [0.1, 0.15) is 6.92 Å². The molecule has 6 heteroatoms. The Balaban J connectivity index is 3.07. The number of halogens is 1. The largest absolute Gasteiger partial charge is 0.399 e. The molecule has 0 fully saturated rings. The lowest BCUT2D eigenvalue weighted by atomic mass is 10.3. The molecule has 0 saturated heterocycles. The first-order chi connectivity index (χ1) is 7.35. The fourth-order valence-corrected chi connectivity index (χ4v) is 2.79. The van der Waals surface area contributed by atoms with E-state index in [1.165, 1.54) is 13.2 Å². The van der Waals surface area contributed by atoms with Crippen LogP contribution in [0.4, 0.5) is 10.1 Å². The summed E-state index contributed by atoms with van der Waals surface area (Å²) in [4.78, 5) is -0.117. The molecule has 1 unspecified atom stereocenters. The fourth-order valence-electron chi connectivity index (χ4n) is 1.24. The van der Waals surface area contributed by atoms with Crippen LogP contribution in [0.25, 0.3) is 0 Å². The average molecular weight is 247 g/mol. The highest BCUT2D eigenvalue weighted by atomic mass is 32.2. The smallest absolute Gasteiger partial charge is 0.181 e. The van der Waals surface area contributed by atoms with E-state index in [4.69, 9.17) is 10.5 Å². The van der Waals surface area contributed by atoms with Crippen molar-refractivity contribution in [3.05, 3.63) is 24.0 Å². The van der Waals surface area contributed by atoms with Crippen molar-refractivity contribution in [3.8, 4) is 0 Å². The molecule has 0 bridgehead atoms. The summed E-state index contributed by atoms with van der Waals surface area (Å²) < 4.78 is 41.5. The van der Waals surface area contributed by atoms with Gasteiger partial charge in [0.15, 0.2) is 9.84 Å². The molecular formula is C10H14FNO3S. The number of nitrogen functional groups attached to an aromatic ring is 1. The zero-order chi connectivity index (χ0) is 12.3. The predicted molar refractivity (Wildman–Crippen MR) is 59.3 cm³/mol. The van der Waals surface area contributed by atoms with Crippen molar-refractivity contribution in [1.82, 2.24) is 0 Å². The Morgan fingerprint density at radius 2 is 2.06 bits per heavy atom. The number of ether oxygens (including phenoxy) is 1. The number of anilines is 1. The van der Waals surface area contributed by atoms with E-state index < -0.39 is 21.8 Å². The molecule has 0 aliphatic heterocycles. The molecule has 0 amide bonds. The van der Waals surface area contributed by atoms with Gasteiger partial charge in [-0.15, -0.1) is 0 Å². The number of methoxy groups -OCH3 is 1. The normalized spacial score (nSPS) is 13.7. The Kier molecular flexibility index (Phi) is 3.88. The number of nitrogens with two attached hydrogens (primary N) is 1. The highest BCUT2D eigenvalue weighted by molar-refractivity contribution is 7.91. The van der Waals surface area contributed by atoms with Gasteiger partial charge in [0.05, 0.1) is 16.8 Å². The molecule has 0 spiro atoms. The minimum atomic E-state index is -3.56. The molecular weight excluding hydrogens is 233 g/mol. The molecule has 0 radical (unpaired) electrons. The third kappa shape index (κ3) is 3.18. The molecule has 0 aliphatic rings. The van der Waals surface area contributed by atoms with Crippen LogP contribution in [-0.2, 0) is 14.6 Å². The molecule has 0 saturated carbocycles. The Hall–Kier alpha value is -1.14. The highest BCUT2D eigenvalue weighted by Gasteiger charge is 2.19. The molecule has 16 heavy (non-hydrogen) atoms. The zero-order valence-electron chi connectivity index (χ0n) is 9.10. The number of hydrogen-bond acceptors (Lipinski definition) is 4. The van der Waals surface area contributed by atoms with Gasteiger partial charge in [0.25, 0.3) is 0 Å². The van der Waals surface area contributed by atoms with Crippen molar-refractivity contribution < 1.29 is 17.5 Å². The van der Waals surface area contributed by atoms with Gasteiger partial charge < -0.3 is 10.5 Å². The summed E-state index contributed by atoms with van der Waals surface area (Å²) in [5.41, 5.74) is 5.47. The van der Waals surface area contributed by atoms with Gasteiger partial charge in [-0.05, 0) is 25.1 Å². The average Bonchev–Trinajstić information content (AvgIpc) is 2.15.